The zero-order valence-corrected chi connectivity index (χ0v) is 10.1. The molecule has 90 valence electrons. The van der Waals surface area contributed by atoms with Gasteiger partial charge in [0.25, 0.3) is 0 Å². The van der Waals surface area contributed by atoms with E-state index >= 15 is 0 Å². The highest BCUT2D eigenvalue weighted by Crippen LogP contribution is 2.21. The Balaban J connectivity index is 2.23. The predicted molar refractivity (Wildman–Crippen MR) is 64.1 cm³/mol. The summed E-state index contributed by atoms with van der Waals surface area (Å²) in [5.74, 6) is -0.147. The molecule has 4 heteroatoms. The molecule has 1 N–H and O–H groups in total. The summed E-state index contributed by atoms with van der Waals surface area (Å²) in [5.41, 5.74) is 0.245. The first-order valence-corrected chi connectivity index (χ1v) is 5.64. The molecule has 0 unspecified atom stereocenters. The Bertz CT molecular complexity index is 440. The van der Waals surface area contributed by atoms with Crippen LogP contribution >= 0.6 is 0 Å². The molecule has 1 saturated heterocycles. The fourth-order valence-electron chi connectivity index (χ4n) is 1.95. The number of hydrogen-bond donors (Lipinski definition) is 1. The first kappa shape index (κ1) is 11.6. The highest BCUT2D eigenvalue weighted by Gasteiger charge is 2.41. The molecule has 0 aromatic heterocycles. The molecule has 1 fully saturated rings. The van der Waals surface area contributed by atoms with Crippen molar-refractivity contribution in [3.8, 4) is 0 Å². The van der Waals surface area contributed by atoms with Gasteiger partial charge < -0.3 is 10.2 Å². The van der Waals surface area contributed by atoms with Crippen molar-refractivity contribution >= 4 is 11.8 Å². The normalized spacial score (nSPS) is 19.1. The lowest BCUT2D eigenvalue weighted by Gasteiger charge is -2.41. The largest absolute Gasteiger partial charge is 0.345 e. The number of piperazine rings is 1. The molecule has 0 bridgehead atoms. The maximum atomic E-state index is 11.9. The second-order valence-corrected chi connectivity index (χ2v) is 4.71. The maximum Gasteiger partial charge on any atom is 0.245 e. The number of rotatable bonds is 2. The van der Waals surface area contributed by atoms with Crippen molar-refractivity contribution in [1.29, 1.82) is 0 Å². The molecule has 1 aliphatic heterocycles. The second-order valence-electron chi connectivity index (χ2n) is 4.71. The highest BCUT2D eigenvalue weighted by molar-refractivity contribution is 5.97. The molecule has 0 atom stereocenters. The van der Waals surface area contributed by atoms with E-state index in [-0.39, 0.29) is 18.4 Å². The van der Waals surface area contributed by atoms with E-state index in [1.807, 2.05) is 30.3 Å². The smallest absolute Gasteiger partial charge is 0.245 e. The number of amides is 2. The van der Waals surface area contributed by atoms with Gasteiger partial charge in [-0.05, 0) is 19.4 Å². The molecule has 0 aliphatic carbocycles. The van der Waals surface area contributed by atoms with Crippen molar-refractivity contribution in [2.45, 2.75) is 25.9 Å². The molecule has 17 heavy (non-hydrogen) atoms. The third kappa shape index (κ3) is 2.16. The molecule has 1 aromatic carbocycles. The Morgan fingerprint density at radius 3 is 2.53 bits per heavy atom. The van der Waals surface area contributed by atoms with Crippen LogP contribution in [0.1, 0.15) is 19.4 Å². The molecule has 0 saturated carbocycles. The average Bonchev–Trinajstić information content (AvgIpc) is 2.32. The second kappa shape index (κ2) is 4.20. The fraction of sp³-hybridized carbons (Fsp3) is 0.385. The topological polar surface area (TPSA) is 49.4 Å². The minimum Gasteiger partial charge on any atom is -0.345 e. The van der Waals surface area contributed by atoms with Gasteiger partial charge >= 0.3 is 0 Å². The van der Waals surface area contributed by atoms with Gasteiger partial charge in [-0.1, -0.05) is 30.3 Å². The van der Waals surface area contributed by atoms with Crippen molar-refractivity contribution in [2.24, 2.45) is 0 Å². The molecule has 0 spiro atoms. The Hall–Kier alpha value is -1.84. The van der Waals surface area contributed by atoms with Gasteiger partial charge in [0, 0.05) is 6.54 Å². The molecule has 1 aromatic rings. The quantitative estimate of drug-likeness (QED) is 0.824. The van der Waals surface area contributed by atoms with Crippen LogP contribution < -0.4 is 5.32 Å². The lowest BCUT2D eigenvalue weighted by Crippen LogP contribution is -2.63. The van der Waals surface area contributed by atoms with Gasteiger partial charge in [0.05, 0.1) is 6.54 Å². The van der Waals surface area contributed by atoms with Gasteiger partial charge in [0.15, 0.2) is 0 Å². The van der Waals surface area contributed by atoms with Gasteiger partial charge in [-0.2, -0.15) is 0 Å². The number of hydrogen-bond acceptors (Lipinski definition) is 2. The Kier molecular flexibility index (Phi) is 2.88. The molecule has 0 radical (unpaired) electrons. The third-order valence-electron chi connectivity index (χ3n) is 3.12. The Labute approximate surface area is 101 Å². The van der Waals surface area contributed by atoms with E-state index in [1.165, 1.54) is 0 Å². The third-order valence-corrected chi connectivity index (χ3v) is 3.12. The standard InChI is InChI=1S/C13H16N2O2/c1-13(2)12(17)14-8-11(16)15(13)9-10-6-4-3-5-7-10/h3-7H,8-9H2,1-2H3,(H,14,17). The number of nitrogens with zero attached hydrogens (tertiary/aromatic N) is 1. The Morgan fingerprint density at radius 2 is 1.88 bits per heavy atom. The summed E-state index contributed by atoms with van der Waals surface area (Å²) in [6.07, 6.45) is 0. The SMILES string of the molecule is CC1(C)C(=O)NCC(=O)N1Cc1ccccc1. The van der Waals surface area contributed by atoms with Crippen molar-refractivity contribution in [3.63, 3.8) is 0 Å². The van der Waals surface area contributed by atoms with Crippen molar-refractivity contribution in [1.82, 2.24) is 10.2 Å². The minimum atomic E-state index is -0.787. The predicted octanol–water partition coefficient (Wildman–Crippen LogP) is 0.924. The fourth-order valence-corrected chi connectivity index (χ4v) is 1.95. The van der Waals surface area contributed by atoms with Gasteiger partial charge in [-0.15, -0.1) is 0 Å². The zero-order chi connectivity index (χ0) is 12.5. The zero-order valence-electron chi connectivity index (χ0n) is 10.1. The summed E-state index contributed by atoms with van der Waals surface area (Å²) in [7, 11) is 0. The van der Waals surface area contributed by atoms with E-state index < -0.39 is 5.54 Å². The van der Waals surface area contributed by atoms with Crippen molar-refractivity contribution < 1.29 is 9.59 Å². The molecule has 4 nitrogen and oxygen atoms in total. The lowest BCUT2D eigenvalue weighted by molar-refractivity contribution is -0.152. The van der Waals surface area contributed by atoms with Crippen LogP contribution in [0.2, 0.25) is 0 Å². The monoisotopic (exact) mass is 232 g/mol. The summed E-state index contributed by atoms with van der Waals surface area (Å²) in [5, 5.41) is 2.61. The van der Waals surface area contributed by atoms with Crippen LogP contribution in [-0.4, -0.2) is 28.8 Å². The van der Waals surface area contributed by atoms with Crippen LogP contribution in [0.25, 0.3) is 0 Å². The van der Waals surface area contributed by atoms with Crippen LogP contribution in [0, 0.1) is 0 Å². The number of nitrogens with one attached hydrogen (secondary N) is 1. The maximum absolute atomic E-state index is 11.9. The summed E-state index contributed by atoms with van der Waals surface area (Å²) in [4.78, 5) is 25.3. The van der Waals surface area contributed by atoms with Crippen LogP contribution in [-0.2, 0) is 16.1 Å². The number of carbonyl (C=O) groups excluding carboxylic acids is 2. The van der Waals surface area contributed by atoms with Crippen LogP contribution in [0.3, 0.4) is 0 Å². The van der Waals surface area contributed by atoms with Crippen LogP contribution in [0.5, 0.6) is 0 Å². The van der Waals surface area contributed by atoms with E-state index in [0.717, 1.165) is 5.56 Å². The first-order valence-electron chi connectivity index (χ1n) is 5.64. The van der Waals surface area contributed by atoms with Crippen LogP contribution in [0.15, 0.2) is 30.3 Å². The molecule has 2 rings (SSSR count). The van der Waals surface area contributed by atoms with Crippen molar-refractivity contribution in [3.05, 3.63) is 35.9 Å². The molecule has 1 heterocycles. The Morgan fingerprint density at radius 1 is 1.24 bits per heavy atom. The van der Waals surface area contributed by atoms with E-state index in [9.17, 15) is 9.59 Å². The molecule has 1 aliphatic rings. The lowest BCUT2D eigenvalue weighted by atomic mass is 9.97. The van der Waals surface area contributed by atoms with E-state index in [1.54, 1.807) is 18.7 Å². The summed E-state index contributed by atoms with van der Waals surface area (Å²) < 4.78 is 0. The summed E-state index contributed by atoms with van der Waals surface area (Å²) in [6, 6.07) is 9.69. The van der Waals surface area contributed by atoms with Gasteiger partial charge in [0.1, 0.15) is 5.54 Å². The molecular formula is C13H16N2O2. The number of benzene rings is 1. The van der Waals surface area contributed by atoms with Crippen molar-refractivity contribution in [2.75, 3.05) is 6.54 Å². The highest BCUT2D eigenvalue weighted by atomic mass is 16.2. The average molecular weight is 232 g/mol. The van der Waals surface area contributed by atoms with E-state index in [0.29, 0.717) is 6.54 Å². The van der Waals surface area contributed by atoms with Gasteiger partial charge in [-0.3, -0.25) is 9.59 Å². The van der Waals surface area contributed by atoms with E-state index in [4.69, 9.17) is 0 Å². The number of carbonyl (C=O) groups is 2. The summed E-state index contributed by atoms with van der Waals surface area (Å²) in [6.45, 7) is 4.10. The first-order chi connectivity index (χ1) is 8.01. The van der Waals surface area contributed by atoms with Crippen LogP contribution in [0.4, 0.5) is 0 Å². The van der Waals surface area contributed by atoms with E-state index in [2.05, 4.69) is 5.32 Å². The van der Waals surface area contributed by atoms with Gasteiger partial charge in [-0.25, -0.2) is 0 Å². The molecule has 2 amide bonds. The van der Waals surface area contributed by atoms with Gasteiger partial charge in [0.2, 0.25) is 11.8 Å². The summed E-state index contributed by atoms with van der Waals surface area (Å²) >= 11 is 0. The molecular weight excluding hydrogens is 216 g/mol. The minimum absolute atomic E-state index is 0.0431.